The lowest BCUT2D eigenvalue weighted by molar-refractivity contribution is -0.126. The normalized spacial score (nSPS) is 19.3. The Morgan fingerprint density at radius 3 is 2.29 bits per heavy atom. The van der Waals surface area contributed by atoms with Crippen molar-refractivity contribution < 1.29 is 26.4 Å². The molecule has 1 amide bonds. The van der Waals surface area contributed by atoms with Crippen LogP contribution in [-0.2, 0) is 31.3 Å². The van der Waals surface area contributed by atoms with Crippen molar-refractivity contribution in [3.05, 3.63) is 60.2 Å². The minimum Gasteiger partial charge on any atom is -0.492 e. The van der Waals surface area contributed by atoms with Crippen LogP contribution >= 0.6 is 0 Å². The highest BCUT2D eigenvalue weighted by Gasteiger charge is 2.32. The molecule has 0 radical (unpaired) electrons. The molecule has 2 aliphatic heterocycles. The van der Waals surface area contributed by atoms with Crippen LogP contribution in [0, 0.1) is 5.92 Å². The van der Waals surface area contributed by atoms with E-state index in [0.29, 0.717) is 51.1 Å². The molecule has 0 saturated carbocycles. The summed E-state index contributed by atoms with van der Waals surface area (Å²) >= 11 is 0. The predicted molar refractivity (Wildman–Crippen MR) is 146 cm³/mol. The highest BCUT2D eigenvalue weighted by atomic mass is 32.2. The predicted octanol–water partition coefficient (Wildman–Crippen LogP) is 2.64. The van der Waals surface area contributed by atoms with Gasteiger partial charge in [0.25, 0.3) is 0 Å². The molecular weight excluding hydrogens is 526 g/mol. The molecule has 1 atom stereocenters. The van der Waals surface area contributed by atoms with Gasteiger partial charge in [-0.15, -0.1) is 0 Å². The van der Waals surface area contributed by atoms with E-state index in [-0.39, 0.29) is 42.2 Å². The molecule has 2 heterocycles. The molecule has 38 heavy (non-hydrogen) atoms. The Bertz CT molecular complexity index is 1260. The number of carbonyl (C=O) groups excluding carboxylic acids is 1. The molecule has 9 nitrogen and oxygen atoms in total. The fourth-order valence-electron chi connectivity index (χ4n) is 4.91. The van der Waals surface area contributed by atoms with Gasteiger partial charge in [0.15, 0.2) is 0 Å². The Balaban J connectivity index is 1.18. The minimum atomic E-state index is -3.46. The zero-order valence-electron chi connectivity index (χ0n) is 21.6. The van der Waals surface area contributed by atoms with Gasteiger partial charge in [0.1, 0.15) is 12.4 Å². The van der Waals surface area contributed by atoms with Crippen LogP contribution in [0.25, 0.3) is 0 Å². The molecule has 2 fully saturated rings. The molecule has 0 unspecified atom stereocenters. The number of hydrogen-bond acceptors (Lipinski definition) is 6. The van der Waals surface area contributed by atoms with Crippen molar-refractivity contribution in [3.8, 4) is 5.75 Å². The first-order chi connectivity index (χ1) is 18.3. The number of nitrogens with one attached hydrogen (secondary N) is 1. The van der Waals surface area contributed by atoms with Gasteiger partial charge in [-0.25, -0.2) is 21.1 Å². The van der Waals surface area contributed by atoms with E-state index in [1.54, 1.807) is 24.3 Å². The Morgan fingerprint density at radius 2 is 1.58 bits per heavy atom. The Kier molecular flexibility index (Phi) is 9.80. The van der Waals surface area contributed by atoms with Crippen molar-refractivity contribution >= 4 is 26.0 Å². The zero-order chi connectivity index (χ0) is 27.0. The van der Waals surface area contributed by atoms with Gasteiger partial charge in [-0.2, -0.15) is 4.31 Å². The van der Waals surface area contributed by atoms with E-state index in [9.17, 15) is 21.6 Å². The summed E-state index contributed by atoms with van der Waals surface area (Å²) in [5.41, 5.74) is 1.11. The number of sulfonamides is 2. The molecule has 0 bridgehead atoms. The van der Waals surface area contributed by atoms with Crippen molar-refractivity contribution in [3.63, 3.8) is 0 Å². The monoisotopic (exact) mass is 563 g/mol. The van der Waals surface area contributed by atoms with E-state index in [1.165, 1.54) is 8.61 Å². The largest absolute Gasteiger partial charge is 0.492 e. The first kappa shape index (κ1) is 28.5. The highest BCUT2D eigenvalue weighted by Crippen LogP contribution is 2.23. The topological polar surface area (TPSA) is 113 Å². The van der Waals surface area contributed by atoms with E-state index in [0.717, 1.165) is 18.4 Å². The SMILES string of the molecule is O=C(NCCOc1ccc(S(=O)(=O)N2CCCC2)cc1)[C@H]1CCCN(S(=O)(=O)CCCc2ccccc2)C1. The maximum Gasteiger partial charge on any atom is 0.243 e. The third-order valence-corrected chi connectivity index (χ3v) is 10.9. The zero-order valence-corrected chi connectivity index (χ0v) is 23.3. The number of ether oxygens (including phenoxy) is 1. The number of carbonyl (C=O) groups is 1. The number of piperidine rings is 1. The van der Waals surface area contributed by atoms with Gasteiger partial charge >= 0.3 is 0 Å². The third-order valence-electron chi connectivity index (χ3n) is 7.06. The smallest absolute Gasteiger partial charge is 0.243 e. The van der Waals surface area contributed by atoms with E-state index < -0.39 is 20.0 Å². The molecule has 1 N–H and O–H groups in total. The summed E-state index contributed by atoms with van der Waals surface area (Å²) in [6.45, 7) is 2.25. The summed E-state index contributed by atoms with van der Waals surface area (Å²) in [7, 11) is -6.88. The van der Waals surface area contributed by atoms with Gasteiger partial charge in [0.05, 0.1) is 23.1 Å². The van der Waals surface area contributed by atoms with Crippen LogP contribution < -0.4 is 10.1 Å². The average molecular weight is 564 g/mol. The summed E-state index contributed by atoms with van der Waals surface area (Å²) in [5.74, 6) is 0.0278. The maximum atomic E-state index is 12.9. The summed E-state index contributed by atoms with van der Waals surface area (Å²) in [4.78, 5) is 12.9. The second-order valence-corrected chi connectivity index (χ2v) is 13.9. The van der Waals surface area contributed by atoms with Crippen LogP contribution in [-0.4, -0.2) is 76.4 Å². The van der Waals surface area contributed by atoms with Gasteiger partial charge in [0.2, 0.25) is 26.0 Å². The van der Waals surface area contributed by atoms with Gasteiger partial charge in [-0.1, -0.05) is 30.3 Å². The van der Waals surface area contributed by atoms with Crippen LogP contribution in [0.5, 0.6) is 5.75 Å². The van der Waals surface area contributed by atoms with E-state index in [4.69, 9.17) is 4.74 Å². The summed E-state index contributed by atoms with van der Waals surface area (Å²) in [6.07, 6.45) is 4.32. The van der Waals surface area contributed by atoms with Crippen LogP contribution in [0.2, 0.25) is 0 Å². The van der Waals surface area contributed by atoms with Gasteiger partial charge in [0, 0.05) is 26.2 Å². The number of hydrogen-bond donors (Lipinski definition) is 1. The lowest BCUT2D eigenvalue weighted by Gasteiger charge is -2.31. The van der Waals surface area contributed by atoms with Crippen LogP contribution in [0.15, 0.2) is 59.5 Å². The summed E-state index contributed by atoms with van der Waals surface area (Å²) < 4.78 is 59.6. The number of benzene rings is 2. The first-order valence-electron chi connectivity index (χ1n) is 13.3. The van der Waals surface area contributed by atoms with Crippen LogP contribution in [0.3, 0.4) is 0 Å². The van der Waals surface area contributed by atoms with E-state index in [1.807, 2.05) is 30.3 Å². The Morgan fingerprint density at radius 1 is 0.895 bits per heavy atom. The second kappa shape index (κ2) is 13.1. The lowest BCUT2D eigenvalue weighted by atomic mass is 9.99. The maximum absolute atomic E-state index is 12.9. The van der Waals surface area contributed by atoms with Gasteiger partial charge in [-0.05, 0) is 68.4 Å². The first-order valence-corrected chi connectivity index (χ1v) is 16.3. The second-order valence-electron chi connectivity index (χ2n) is 9.82. The molecule has 2 aromatic rings. The minimum absolute atomic E-state index is 0.0716. The van der Waals surface area contributed by atoms with E-state index in [2.05, 4.69) is 5.32 Å². The summed E-state index contributed by atoms with van der Waals surface area (Å²) in [6, 6.07) is 16.1. The van der Waals surface area contributed by atoms with Crippen molar-refractivity contribution in [2.75, 3.05) is 45.1 Å². The van der Waals surface area contributed by atoms with E-state index >= 15 is 0 Å². The highest BCUT2D eigenvalue weighted by molar-refractivity contribution is 7.89. The molecular formula is C27H37N3O6S2. The van der Waals surface area contributed by atoms with Gasteiger partial charge < -0.3 is 10.1 Å². The standard InChI is InChI=1S/C27H37N3O6S2/c31-27(24-11-6-19-30(22-24)37(32,33)21-7-10-23-8-2-1-3-9-23)28-16-20-36-25-12-14-26(15-13-25)38(34,35)29-17-4-5-18-29/h1-3,8-9,12-15,24H,4-7,10-11,16-22H2,(H,28,31)/t24-/m0/s1. The van der Waals surface area contributed by atoms with Crippen molar-refractivity contribution in [1.29, 1.82) is 0 Å². The number of amides is 1. The fraction of sp³-hybridized carbons (Fsp3) is 0.519. The van der Waals surface area contributed by atoms with Crippen molar-refractivity contribution in [2.24, 2.45) is 5.92 Å². The molecule has 0 spiro atoms. The Hall–Kier alpha value is -2.47. The molecule has 208 valence electrons. The van der Waals surface area contributed by atoms with Crippen molar-refractivity contribution in [1.82, 2.24) is 13.9 Å². The summed E-state index contributed by atoms with van der Waals surface area (Å²) in [5, 5.41) is 2.84. The number of aryl methyl sites for hydroxylation is 1. The van der Waals surface area contributed by atoms with Crippen LogP contribution in [0.4, 0.5) is 0 Å². The van der Waals surface area contributed by atoms with Gasteiger partial charge in [-0.3, -0.25) is 4.79 Å². The van der Waals surface area contributed by atoms with Crippen LogP contribution in [0.1, 0.15) is 37.7 Å². The molecule has 11 heteroatoms. The Labute approximate surface area is 226 Å². The molecule has 2 saturated heterocycles. The molecule has 4 rings (SSSR count). The molecule has 0 aromatic heterocycles. The molecule has 2 aliphatic rings. The fourth-order valence-corrected chi connectivity index (χ4v) is 8.01. The molecule has 2 aromatic carbocycles. The molecule has 0 aliphatic carbocycles. The quantitative estimate of drug-likeness (QED) is 0.398. The number of rotatable bonds is 12. The lowest BCUT2D eigenvalue weighted by Crippen LogP contribution is -2.46. The third kappa shape index (κ3) is 7.56. The number of nitrogens with zero attached hydrogens (tertiary/aromatic N) is 2. The average Bonchev–Trinajstić information content (AvgIpc) is 3.48. The van der Waals surface area contributed by atoms with Crippen molar-refractivity contribution in [2.45, 2.75) is 43.4 Å².